The molecule has 0 aliphatic carbocycles. The van der Waals surface area contributed by atoms with Crippen molar-refractivity contribution in [1.82, 2.24) is 25.0 Å². The maximum Gasteiger partial charge on any atom is 0.251 e. The van der Waals surface area contributed by atoms with E-state index in [0.717, 1.165) is 0 Å². The molecule has 1 aromatic heterocycles. The summed E-state index contributed by atoms with van der Waals surface area (Å²) in [6.45, 7) is 5.30. The van der Waals surface area contributed by atoms with Crippen LogP contribution in [0.5, 0.6) is 0 Å². The summed E-state index contributed by atoms with van der Waals surface area (Å²) in [6.07, 6.45) is 1.37. The Morgan fingerprint density at radius 2 is 1.84 bits per heavy atom. The van der Waals surface area contributed by atoms with Crippen molar-refractivity contribution in [1.29, 1.82) is 0 Å². The van der Waals surface area contributed by atoms with Crippen LogP contribution >= 0.6 is 24.0 Å². The van der Waals surface area contributed by atoms with Crippen molar-refractivity contribution >= 4 is 45.9 Å². The molecule has 0 saturated carbocycles. The van der Waals surface area contributed by atoms with Crippen molar-refractivity contribution in [2.75, 3.05) is 45.8 Å². The number of sulfonamides is 1. The van der Waals surface area contributed by atoms with Gasteiger partial charge in [0.15, 0.2) is 5.96 Å². The molecule has 1 aliphatic rings. The molecule has 3 rings (SSSR count). The van der Waals surface area contributed by atoms with E-state index in [2.05, 4.69) is 20.8 Å². The third kappa shape index (κ3) is 7.45. The number of halogens is 1. The Hall–Kier alpha value is -2.19. The van der Waals surface area contributed by atoms with Gasteiger partial charge in [0.05, 0.1) is 12.2 Å². The maximum atomic E-state index is 12.6. The van der Waals surface area contributed by atoms with E-state index in [-0.39, 0.29) is 35.6 Å². The summed E-state index contributed by atoms with van der Waals surface area (Å²) in [6, 6.07) is 10.6. The first-order valence-corrected chi connectivity index (χ1v) is 11.8. The first-order chi connectivity index (χ1) is 15.0. The van der Waals surface area contributed by atoms with Crippen LogP contribution < -0.4 is 10.6 Å². The number of guanidine groups is 1. The second-order valence-electron chi connectivity index (χ2n) is 6.99. The Balaban J connectivity index is 0.00000363. The van der Waals surface area contributed by atoms with Gasteiger partial charge in [0, 0.05) is 50.9 Å². The minimum atomic E-state index is -3.45. The van der Waals surface area contributed by atoms with Crippen LogP contribution in [0.4, 0.5) is 0 Å². The molecule has 1 aromatic carbocycles. The maximum absolute atomic E-state index is 12.6. The molecule has 0 unspecified atom stereocenters. The number of nitrogens with zero attached hydrogens (tertiary/aromatic N) is 4. The van der Waals surface area contributed by atoms with Crippen molar-refractivity contribution in [2.24, 2.45) is 4.99 Å². The summed E-state index contributed by atoms with van der Waals surface area (Å²) in [5.41, 5.74) is 1.01. The van der Waals surface area contributed by atoms with Crippen molar-refractivity contribution in [3.8, 4) is 0 Å². The molecule has 2 aromatic rings. The lowest BCUT2D eigenvalue weighted by atomic mass is 10.2. The van der Waals surface area contributed by atoms with Gasteiger partial charge in [-0.05, 0) is 19.1 Å². The van der Waals surface area contributed by atoms with Crippen LogP contribution in [0.25, 0.3) is 0 Å². The molecular formula is C20H29IN6O4S. The topological polar surface area (TPSA) is 120 Å². The van der Waals surface area contributed by atoms with Gasteiger partial charge < -0.3 is 20.1 Å². The molecule has 2 N–H and O–H groups in total. The van der Waals surface area contributed by atoms with Crippen molar-refractivity contribution < 1.29 is 17.7 Å². The number of benzene rings is 1. The normalized spacial score (nSPS) is 15.2. The summed E-state index contributed by atoms with van der Waals surface area (Å²) in [5, 5.41) is 9.78. The third-order valence-corrected chi connectivity index (χ3v) is 6.60. The first-order valence-electron chi connectivity index (χ1n) is 10.2. The smallest absolute Gasteiger partial charge is 0.251 e. The highest BCUT2D eigenvalue weighted by Gasteiger charge is 2.28. The zero-order chi connectivity index (χ0) is 22.1. The van der Waals surface area contributed by atoms with Crippen LogP contribution in [0.1, 0.15) is 23.0 Å². The van der Waals surface area contributed by atoms with E-state index < -0.39 is 10.0 Å². The molecule has 10 nitrogen and oxygen atoms in total. The number of aromatic nitrogens is 1. The third-order valence-electron chi connectivity index (χ3n) is 4.78. The summed E-state index contributed by atoms with van der Waals surface area (Å²) < 4.78 is 31.4. The van der Waals surface area contributed by atoms with E-state index >= 15 is 0 Å². The van der Waals surface area contributed by atoms with Crippen LogP contribution in [-0.2, 0) is 15.8 Å². The highest BCUT2D eigenvalue weighted by molar-refractivity contribution is 14.0. The molecule has 1 saturated heterocycles. The zero-order valence-electron chi connectivity index (χ0n) is 17.9. The standard InChI is InChI=1S/C20H28N6O4S.HI/c1-2-21-20(23-10-9-22-19(27)17-6-4-3-5-7-17)25-11-13-26(14-12-25)31(28,29)16-18-8-15-30-24-18;/h3-8,15H,2,9-14,16H2,1H3,(H,21,23)(H,22,27);1H. The molecule has 12 heteroatoms. The molecule has 32 heavy (non-hydrogen) atoms. The second kappa shape index (κ2) is 12.7. The van der Waals surface area contributed by atoms with E-state index in [1.165, 1.54) is 10.6 Å². The minimum absolute atomic E-state index is 0. The predicted octanol–water partition coefficient (Wildman–Crippen LogP) is 1.14. The van der Waals surface area contributed by atoms with Gasteiger partial charge in [-0.15, -0.1) is 24.0 Å². The van der Waals surface area contributed by atoms with Gasteiger partial charge >= 0.3 is 0 Å². The fourth-order valence-corrected chi connectivity index (χ4v) is 4.64. The fourth-order valence-electron chi connectivity index (χ4n) is 3.22. The fraction of sp³-hybridized carbons (Fsp3) is 0.450. The van der Waals surface area contributed by atoms with Crippen molar-refractivity contribution in [3.05, 3.63) is 53.9 Å². The number of carbonyl (C=O) groups is 1. The molecule has 1 aliphatic heterocycles. The lowest BCUT2D eigenvalue weighted by Crippen LogP contribution is -2.54. The summed E-state index contributed by atoms with van der Waals surface area (Å²) in [5.74, 6) is 0.412. The summed E-state index contributed by atoms with van der Waals surface area (Å²) >= 11 is 0. The number of nitrogens with one attached hydrogen (secondary N) is 2. The molecule has 0 spiro atoms. The first kappa shape index (κ1) is 26.1. The van der Waals surface area contributed by atoms with Crippen LogP contribution in [-0.4, -0.2) is 80.5 Å². The Labute approximate surface area is 205 Å². The molecule has 0 radical (unpaired) electrons. The number of hydrogen-bond acceptors (Lipinski definition) is 6. The number of amides is 1. The Morgan fingerprint density at radius 1 is 1.12 bits per heavy atom. The van der Waals surface area contributed by atoms with Crippen LogP contribution in [0, 0.1) is 0 Å². The van der Waals surface area contributed by atoms with Gasteiger partial charge in [-0.2, -0.15) is 4.31 Å². The highest BCUT2D eigenvalue weighted by atomic mass is 127. The number of carbonyl (C=O) groups excluding carboxylic acids is 1. The van der Waals surface area contributed by atoms with Gasteiger partial charge in [-0.1, -0.05) is 23.4 Å². The molecule has 1 fully saturated rings. The second-order valence-corrected chi connectivity index (χ2v) is 8.96. The molecule has 2 heterocycles. The minimum Gasteiger partial charge on any atom is -0.364 e. The predicted molar refractivity (Wildman–Crippen MR) is 132 cm³/mol. The SMILES string of the molecule is CCNC(=NCCNC(=O)c1ccccc1)N1CCN(S(=O)(=O)Cc2ccon2)CC1.I. The number of piperazine rings is 1. The van der Waals surface area contributed by atoms with Crippen molar-refractivity contribution in [2.45, 2.75) is 12.7 Å². The van der Waals surface area contributed by atoms with E-state index in [4.69, 9.17) is 4.52 Å². The van der Waals surface area contributed by atoms with Gasteiger partial charge in [-0.25, -0.2) is 8.42 Å². The monoisotopic (exact) mass is 576 g/mol. The van der Waals surface area contributed by atoms with Gasteiger partial charge in [0.1, 0.15) is 12.0 Å². The molecule has 0 bridgehead atoms. The van der Waals surface area contributed by atoms with Crippen LogP contribution in [0.15, 0.2) is 52.2 Å². The van der Waals surface area contributed by atoms with E-state index in [1.54, 1.807) is 18.2 Å². The van der Waals surface area contributed by atoms with Gasteiger partial charge in [0.2, 0.25) is 10.0 Å². The number of aliphatic imine (C=N–C) groups is 1. The molecule has 1 amide bonds. The van der Waals surface area contributed by atoms with Crippen molar-refractivity contribution in [3.63, 3.8) is 0 Å². The van der Waals surface area contributed by atoms with Crippen LogP contribution in [0.2, 0.25) is 0 Å². The van der Waals surface area contributed by atoms with E-state index in [1.807, 2.05) is 30.0 Å². The Bertz CT molecular complexity index is 961. The molecular weight excluding hydrogens is 547 g/mol. The van der Waals surface area contributed by atoms with Crippen LogP contribution in [0.3, 0.4) is 0 Å². The lowest BCUT2D eigenvalue weighted by molar-refractivity contribution is 0.0954. The van der Waals surface area contributed by atoms with E-state index in [9.17, 15) is 13.2 Å². The molecule has 176 valence electrons. The average molecular weight is 576 g/mol. The quantitative estimate of drug-likeness (QED) is 0.209. The largest absolute Gasteiger partial charge is 0.364 e. The molecule has 0 atom stereocenters. The van der Waals surface area contributed by atoms with E-state index in [0.29, 0.717) is 63.0 Å². The summed E-state index contributed by atoms with van der Waals surface area (Å²) in [4.78, 5) is 18.7. The lowest BCUT2D eigenvalue weighted by Gasteiger charge is -2.35. The highest BCUT2D eigenvalue weighted by Crippen LogP contribution is 2.13. The number of hydrogen-bond donors (Lipinski definition) is 2. The summed E-state index contributed by atoms with van der Waals surface area (Å²) in [7, 11) is -3.45. The Morgan fingerprint density at radius 3 is 2.47 bits per heavy atom. The van der Waals surface area contributed by atoms with Gasteiger partial charge in [-0.3, -0.25) is 9.79 Å². The van der Waals surface area contributed by atoms with Gasteiger partial charge in [0.25, 0.3) is 5.91 Å². The zero-order valence-corrected chi connectivity index (χ0v) is 21.1. The number of rotatable bonds is 8. The Kier molecular flexibility index (Phi) is 10.4. The average Bonchev–Trinajstić information content (AvgIpc) is 3.29.